The third kappa shape index (κ3) is 7.44. The predicted octanol–water partition coefficient (Wildman–Crippen LogP) is 3.88. The van der Waals surface area contributed by atoms with Gasteiger partial charge in [-0.25, -0.2) is 9.18 Å². The number of anilines is 1. The zero-order valence-electron chi connectivity index (χ0n) is 15.7. The molecule has 6 nitrogen and oxygen atoms in total. The lowest BCUT2D eigenvalue weighted by molar-refractivity contribution is -0.116. The third-order valence-electron chi connectivity index (χ3n) is 3.73. The van der Waals surface area contributed by atoms with E-state index in [0.717, 1.165) is 5.56 Å². The number of aryl methyl sites for hydroxylation is 1. The number of carbonyl (C=O) groups excluding carboxylic acids is 2. The van der Waals surface area contributed by atoms with Crippen molar-refractivity contribution in [2.75, 3.05) is 18.5 Å². The van der Waals surface area contributed by atoms with Crippen LogP contribution in [0.1, 0.15) is 18.9 Å². The zero-order chi connectivity index (χ0) is 20.5. The Bertz CT molecular complexity index is 815. The number of amides is 3. The van der Waals surface area contributed by atoms with Gasteiger partial charge in [0.2, 0.25) is 5.91 Å². The highest BCUT2D eigenvalue weighted by atomic mass is 35.5. The fourth-order valence-electron chi connectivity index (χ4n) is 2.29. The van der Waals surface area contributed by atoms with Crippen molar-refractivity contribution in [3.05, 3.63) is 58.9 Å². The smallest absolute Gasteiger partial charge is 0.315 e. The zero-order valence-corrected chi connectivity index (χ0v) is 16.5. The molecule has 0 aliphatic rings. The summed E-state index contributed by atoms with van der Waals surface area (Å²) in [5.41, 5.74) is 1.53. The van der Waals surface area contributed by atoms with Crippen molar-refractivity contribution in [1.82, 2.24) is 10.6 Å². The monoisotopic (exact) mass is 407 g/mol. The Kier molecular flexibility index (Phi) is 8.07. The van der Waals surface area contributed by atoms with Crippen molar-refractivity contribution in [1.29, 1.82) is 0 Å². The fraction of sp³-hybridized carbons (Fsp3) is 0.300. The van der Waals surface area contributed by atoms with E-state index in [0.29, 0.717) is 16.5 Å². The predicted molar refractivity (Wildman–Crippen MR) is 107 cm³/mol. The van der Waals surface area contributed by atoms with Gasteiger partial charge in [-0.3, -0.25) is 4.79 Å². The number of carbonyl (C=O) groups is 2. The lowest BCUT2D eigenvalue weighted by Crippen LogP contribution is -2.44. The average Bonchev–Trinajstić information content (AvgIpc) is 2.63. The van der Waals surface area contributed by atoms with Crippen LogP contribution in [-0.4, -0.2) is 31.1 Å². The number of benzene rings is 2. The van der Waals surface area contributed by atoms with Crippen molar-refractivity contribution >= 4 is 29.2 Å². The topological polar surface area (TPSA) is 79.5 Å². The number of ether oxygens (including phenoxy) is 1. The second kappa shape index (κ2) is 10.5. The third-order valence-corrected chi connectivity index (χ3v) is 4.04. The molecule has 2 rings (SSSR count). The van der Waals surface area contributed by atoms with E-state index in [-0.39, 0.29) is 37.3 Å². The van der Waals surface area contributed by atoms with Gasteiger partial charge < -0.3 is 20.7 Å². The van der Waals surface area contributed by atoms with Crippen LogP contribution >= 0.6 is 11.6 Å². The molecular weight excluding hydrogens is 385 g/mol. The molecule has 1 atom stereocenters. The van der Waals surface area contributed by atoms with Gasteiger partial charge in [0.15, 0.2) is 0 Å². The molecule has 3 N–H and O–H groups in total. The minimum atomic E-state index is -0.406. The maximum atomic E-state index is 12.8. The number of nitrogens with one attached hydrogen (secondary N) is 3. The van der Waals surface area contributed by atoms with Gasteiger partial charge in [-0.2, -0.15) is 0 Å². The molecule has 0 saturated carbocycles. The van der Waals surface area contributed by atoms with Gasteiger partial charge in [0, 0.05) is 13.0 Å². The minimum Gasteiger partial charge on any atom is -0.491 e. The molecule has 0 aliphatic carbocycles. The van der Waals surface area contributed by atoms with E-state index in [1.54, 1.807) is 19.1 Å². The Balaban J connectivity index is 1.64. The van der Waals surface area contributed by atoms with Crippen molar-refractivity contribution in [3.63, 3.8) is 0 Å². The van der Waals surface area contributed by atoms with Gasteiger partial charge in [-0.15, -0.1) is 0 Å². The summed E-state index contributed by atoms with van der Waals surface area (Å²) in [7, 11) is 0. The number of hydrogen-bond donors (Lipinski definition) is 3. The van der Waals surface area contributed by atoms with E-state index < -0.39 is 6.03 Å². The van der Waals surface area contributed by atoms with E-state index in [2.05, 4.69) is 16.0 Å². The molecule has 0 aromatic heterocycles. The quantitative estimate of drug-likeness (QED) is 0.621. The van der Waals surface area contributed by atoms with Crippen LogP contribution in [-0.2, 0) is 4.79 Å². The van der Waals surface area contributed by atoms with E-state index in [1.807, 2.05) is 13.0 Å². The molecule has 2 aromatic carbocycles. The van der Waals surface area contributed by atoms with Crippen LogP contribution in [0, 0.1) is 12.7 Å². The second-order valence-corrected chi connectivity index (χ2v) is 6.75. The molecule has 0 bridgehead atoms. The first-order valence-corrected chi connectivity index (χ1v) is 9.20. The summed E-state index contributed by atoms with van der Waals surface area (Å²) in [6, 6.07) is 10.3. The van der Waals surface area contributed by atoms with Crippen molar-refractivity contribution in [2.45, 2.75) is 26.3 Å². The standard InChI is InChI=1S/C20H23ClFN3O3/c1-13-3-8-18(17(21)11-13)25-19(26)9-10-23-20(27)24-14(2)12-28-16-6-4-15(22)5-7-16/h3-8,11,14H,9-10,12H2,1-2H3,(H,25,26)(H2,23,24,27). The molecule has 8 heteroatoms. The summed E-state index contributed by atoms with van der Waals surface area (Å²) in [6.45, 7) is 4.08. The number of rotatable bonds is 8. The molecule has 0 heterocycles. The minimum absolute atomic E-state index is 0.109. The van der Waals surface area contributed by atoms with Crippen LogP contribution in [0.4, 0.5) is 14.9 Å². The van der Waals surface area contributed by atoms with E-state index >= 15 is 0 Å². The Morgan fingerprint density at radius 3 is 2.57 bits per heavy atom. The van der Waals surface area contributed by atoms with Gasteiger partial charge in [0.1, 0.15) is 18.2 Å². The number of hydrogen-bond acceptors (Lipinski definition) is 3. The molecule has 0 saturated heterocycles. The normalized spacial score (nSPS) is 11.4. The van der Waals surface area contributed by atoms with Crippen LogP contribution in [0.5, 0.6) is 5.75 Å². The summed E-state index contributed by atoms with van der Waals surface area (Å²) in [4.78, 5) is 23.8. The van der Waals surface area contributed by atoms with Gasteiger partial charge in [0.25, 0.3) is 0 Å². The highest BCUT2D eigenvalue weighted by Gasteiger charge is 2.10. The van der Waals surface area contributed by atoms with Crippen molar-refractivity contribution < 1.29 is 18.7 Å². The maximum absolute atomic E-state index is 12.8. The summed E-state index contributed by atoms with van der Waals surface area (Å²) in [6.07, 6.45) is 0.109. The van der Waals surface area contributed by atoms with Crippen LogP contribution < -0.4 is 20.7 Å². The van der Waals surface area contributed by atoms with E-state index in [1.165, 1.54) is 24.3 Å². The van der Waals surface area contributed by atoms with Crippen LogP contribution in [0.2, 0.25) is 5.02 Å². The first kappa shape index (κ1) is 21.5. The van der Waals surface area contributed by atoms with Gasteiger partial charge >= 0.3 is 6.03 Å². The molecule has 3 amide bonds. The molecule has 0 radical (unpaired) electrons. The number of urea groups is 1. The number of halogens is 2. The largest absolute Gasteiger partial charge is 0.491 e. The molecular formula is C20H23ClFN3O3. The van der Waals surface area contributed by atoms with Crippen LogP contribution in [0.15, 0.2) is 42.5 Å². The molecule has 28 heavy (non-hydrogen) atoms. The molecule has 0 fully saturated rings. The van der Waals surface area contributed by atoms with Gasteiger partial charge in [-0.1, -0.05) is 17.7 Å². The molecule has 1 unspecified atom stereocenters. The SMILES string of the molecule is Cc1ccc(NC(=O)CCNC(=O)NC(C)COc2ccc(F)cc2)c(Cl)c1. The first-order valence-electron chi connectivity index (χ1n) is 8.82. The Morgan fingerprint density at radius 2 is 1.89 bits per heavy atom. The average molecular weight is 408 g/mol. The summed E-state index contributed by atoms with van der Waals surface area (Å²) >= 11 is 6.07. The molecule has 0 aliphatic heterocycles. The highest BCUT2D eigenvalue weighted by Crippen LogP contribution is 2.22. The van der Waals surface area contributed by atoms with Crippen molar-refractivity contribution in [2.24, 2.45) is 0 Å². The first-order chi connectivity index (χ1) is 13.3. The second-order valence-electron chi connectivity index (χ2n) is 6.35. The van der Waals surface area contributed by atoms with Crippen LogP contribution in [0.25, 0.3) is 0 Å². The Morgan fingerprint density at radius 1 is 1.18 bits per heavy atom. The summed E-state index contributed by atoms with van der Waals surface area (Å²) < 4.78 is 18.3. The summed E-state index contributed by atoms with van der Waals surface area (Å²) in [5, 5.41) is 8.48. The van der Waals surface area contributed by atoms with Gasteiger partial charge in [-0.05, 0) is 55.8 Å². The molecule has 150 valence electrons. The maximum Gasteiger partial charge on any atom is 0.315 e. The Hall–Kier alpha value is -2.80. The van der Waals surface area contributed by atoms with Gasteiger partial charge in [0.05, 0.1) is 16.8 Å². The van der Waals surface area contributed by atoms with E-state index in [9.17, 15) is 14.0 Å². The highest BCUT2D eigenvalue weighted by molar-refractivity contribution is 6.33. The summed E-state index contributed by atoms with van der Waals surface area (Å²) in [5.74, 6) is -0.0766. The van der Waals surface area contributed by atoms with E-state index in [4.69, 9.17) is 16.3 Å². The molecule has 2 aromatic rings. The van der Waals surface area contributed by atoms with Crippen LogP contribution in [0.3, 0.4) is 0 Å². The van der Waals surface area contributed by atoms with Crippen molar-refractivity contribution in [3.8, 4) is 5.75 Å². The lowest BCUT2D eigenvalue weighted by Gasteiger charge is -2.15. The fourth-order valence-corrected chi connectivity index (χ4v) is 2.57. The Labute approximate surface area is 168 Å². The lowest BCUT2D eigenvalue weighted by atomic mass is 10.2. The molecule has 0 spiro atoms.